The van der Waals surface area contributed by atoms with Gasteiger partial charge in [0.1, 0.15) is 27.5 Å². The van der Waals surface area contributed by atoms with E-state index in [1.807, 2.05) is 42.5 Å². The van der Waals surface area contributed by atoms with Gasteiger partial charge in [0.25, 0.3) is 5.91 Å². The molecule has 10 nitrogen and oxygen atoms in total. The maximum Gasteiger partial charge on any atom is 0.331 e. The van der Waals surface area contributed by atoms with Gasteiger partial charge in [-0.2, -0.15) is 0 Å². The van der Waals surface area contributed by atoms with Crippen molar-refractivity contribution in [3.05, 3.63) is 84.4 Å². The minimum atomic E-state index is -0.666. The Kier molecular flexibility index (Phi) is 8.15. The number of rotatable bonds is 6. The zero-order chi connectivity index (χ0) is 28.1. The van der Waals surface area contributed by atoms with Crippen LogP contribution in [0.3, 0.4) is 0 Å². The third-order valence-electron chi connectivity index (χ3n) is 6.39. The number of aromatic nitrogens is 1. The Labute approximate surface area is 234 Å². The number of aldehydes is 1. The molecule has 2 aromatic carbocycles. The van der Waals surface area contributed by atoms with Gasteiger partial charge in [-0.1, -0.05) is 24.8 Å². The van der Waals surface area contributed by atoms with Gasteiger partial charge >= 0.3 is 6.03 Å². The van der Waals surface area contributed by atoms with E-state index in [0.29, 0.717) is 63.7 Å². The number of thiophene rings is 1. The number of hydrogen-bond donors (Lipinski definition) is 4. The highest BCUT2D eigenvalue weighted by atomic mass is 32.1. The zero-order valence-corrected chi connectivity index (χ0v) is 22.2. The van der Waals surface area contributed by atoms with Crippen molar-refractivity contribution in [1.82, 2.24) is 15.6 Å². The zero-order valence-electron chi connectivity index (χ0n) is 21.4. The maximum atomic E-state index is 13.3. The molecular weight excluding hydrogens is 530 g/mol. The van der Waals surface area contributed by atoms with Gasteiger partial charge in [-0.05, 0) is 61.5 Å². The standard InChI is InChI=1S/C26H23N5O4S.C3H4O/c32-20-14-27-12-10-18(20)29-24(33)23-22-21-19(11-13-28-25(21)36-23)31(26(34)30-22)15-6-8-17(9-7-15)35-16-4-2-1-3-5-16;1-2-3-4/h1-9,11,13,18,20,27,32H,10,12,14H2,(H,29,33)(H,30,34);2-3H,1H2. The summed E-state index contributed by atoms with van der Waals surface area (Å²) >= 11 is 1.22. The summed E-state index contributed by atoms with van der Waals surface area (Å²) in [5.41, 5.74) is 1.75. The van der Waals surface area contributed by atoms with Crippen LogP contribution in [0.2, 0.25) is 0 Å². The molecule has 1 fully saturated rings. The Balaban J connectivity index is 0.000000758. The van der Waals surface area contributed by atoms with Crippen molar-refractivity contribution in [2.24, 2.45) is 0 Å². The van der Waals surface area contributed by atoms with Crippen LogP contribution in [0.1, 0.15) is 16.1 Å². The number of aliphatic hydroxyl groups excluding tert-OH is 1. The molecular formula is C29H27N5O5S. The molecule has 6 rings (SSSR count). The minimum Gasteiger partial charge on any atom is -0.457 e. The van der Waals surface area contributed by atoms with Gasteiger partial charge in [-0.15, -0.1) is 11.3 Å². The predicted octanol–water partition coefficient (Wildman–Crippen LogP) is 4.60. The highest BCUT2D eigenvalue weighted by Crippen LogP contribution is 2.45. The van der Waals surface area contributed by atoms with Crippen molar-refractivity contribution in [3.63, 3.8) is 0 Å². The third-order valence-corrected chi connectivity index (χ3v) is 7.49. The van der Waals surface area contributed by atoms with E-state index in [-0.39, 0.29) is 18.0 Å². The van der Waals surface area contributed by atoms with E-state index >= 15 is 0 Å². The largest absolute Gasteiger partial charge is 0.457 e. The van der Waals surface area contributed by atoms with Gasteiger partial charge in [0, 0.05) is 12.7 Å². The lowest BCUT2D eigenvalue weighted by Crippen LogP contribution is -2.52. The monoisotopic (exact) mass is 557 g/mol. The molecule has 11 heteroatoms. The minimum absolute atomic E-state index is 0.332. The Hall–Kier alpha value is -4.58. The number of para-hydroxylation sites is 1. The van der Waals surface area contributed by atoms with Crippen LogP contribution in [-0.4, -0.2) is 53.6 Å². The van der Waals surface area contributed by atoms with E-state index in [0.717, 1.165) is 5.75 Å². The van der Waals surface area contributed by atoms with Crippen LogP contribution in [-0.2, 0) is 4.79 Å². The molecule has 4 heterocycles. The summed E-state index contributed by atoms with van der Waals surface area (Å²) in [5.74, 6) is 1.04. The fraction of sp³-hybridized carbons (Fsp3) is 0.172. The molecule has 0 bridgehead atoms. The van der Waals surface area contributed by atoms with Crippen LogP contribution in [0.5, 0.6) is 11.5 Å². The molecule has 4 aromatic rings. The molecule has 0 aliphatic carbocycles. The Morgan fingerprint density at radius 1 is 1.15 bits per heavy atom. The first-order valence-corrected chi connectivity index (χ1v) is 13.4. The van der Waals surface area contributed by atoms with Crippen molar-refractivity contribution in [3.8, 4) is 11.5 Å². The quantitative estimate of drug-likeness (QED) is 0.201. The fourth-order valence-corrected chi connectivity index (χ4v) is 5.56. The Morgan fingerprint density at radius 2 is 1.88 bits per heavy atom. The molecule has 2 atom stereocenters. The smallest absolute Gasteiger partial charge is 0.331 e. The summed E-state index contributed by atoms with van der Waals surface area (Å²) in [6.45, 7) is 4.25. The number of carbonyl (C=O) groups is 3. The first kappa shape index (κ1) is 27.0. The van der Waals surface area contributed by atoms with E-state index in [9.17, 15) is 14.7 Å². The van der Waals surface area contributed by atoms with Crippen LogP contribution in [0, 0.1) is 0 Å². The number of β-amino-alcohol motifs (C(OH)–C–C–N with tert-alkyl or cyclic N) is 1. The summed E-state index contributed by atoms with van der Waals surface area (Å²) < 4.78 is 5.87. The molecule has 0 spiro atoms. The lowest BCUT2D eigenvalue weighted by atomic mass is 10.0. The number of pyridine rings is 1. The van der Waals surface area contributed by atoms with Crippen molar-refractivity contribution >= 4 is 56.8 Å². The topological polar surface area (TPSA) is 133 Å². The molecule has 0 radical (unpaired) electrons. The maximum absolute atomic E-state index is 13.3. The Bertz CT molecular complexity index is 1530. The SMILES string of the molecule is C=CC=O.O=C(NC1CCNCC1O)c1sc2nccc3c2c1NC(=O)N3c1ccc(Oc2ccccc2)cc1. The van der Waals surface area contributed by atoms with Gasteiger partial charge in [-0.3, -0.25) is 14.5 Å². The van der Waals surface area contributed by atoms with Gasteiger partial charge in [-0.25, -0.2) is 9.78 Å². The number of allylic oxidation sites excluding steroid dienone is 1. The summed E-state index contributed by atoms with van der Waals surface area (Å²) in [6.07, 6.45) is 3.43. The molecule has 40 heavy (non-hydrogen) atoms. The molecule has 2 aliphatic rings. The number of benzene rings is 2. The number of carbonyl (C=O) groups excluding carboxylic acids is 3. The number of amides is 3. The number of nitrogens with zero attached hydrogens (tertiary/aromatic N) is 2. The van der Waals surface area contributed by atoms with Crippen molar-refractivity contribution < 1.29 is 24.2 Å². The van der Waals surface area contributed by atoms with Gasteiger partial charge in [0.15, 0.2) is 0 Å². The second-order valence-corrected chi connectivity index (χ2v) is 10.0. The summed E-state index contributed by atoms with van der Waals surface area (Å²) in [6, 6.07) is 17.7. The number of aliphatic hydroxyl groups is 1. The van der Waals surface area contributed by atoms with Gasteiger partial charge in [0.2, 0.25) is 0 Å². The van der Waals surface area contributed by atoms with E-state index in [1.165, 1.54) is 17.4 Å². The highest BCUT2D eigenvalue weighted by Gasteiger charge is 2.34. The molecule has 4 N–H and O–H groups in total. The molecule has 1 saturated heterocycles. The summed E-state index contributed by atoms with van der Waals surface area (Å²) in [5, 5.41) is 19.8. The van der Waals surface area contributed by atoms with Crippen LogP contribution < -0.4 is 25.6 Å². The molecule has 2 aliphatic heterocycles. The molecule has 2 aromatic heterocycles. The van der Waals surface area contributed by atoms with E-state index in [1.54, 1.807) is 29.3 Å². The number of urea groups is 1. The first-order valence-electron chi connectivity index (χ1n) is 12.6. The second-order valence-electron chi connectivity index (χ2n) is 9.00. The van der Waals surface area contributed by atoms with Crippen LogP contribution in [0.4, 0.5) is 21.9 Å². The van der Waals surface area contributed by atoms with E-state index < -0.39 is 6.10 Å². The average Bonchev–Trinajstić information content (AvgIpc) is 3.35. The Morgan fingerprint density at radius 3 is 2.58 bits per heavy atom. The number of nitrogens with one attached hydrogen (secondary N) is 3. The van der Waals surface area contributed by atoms with Crippen LogP contribution in [0.15, 0.2) is 79.5 Å². The second kappa shape index (κ2) is 12.1. The summed E-state index contributed by atoms with van der Waals surface area (Å²) in [7, 11) is 0. The molecule has 3 amide bonds. The lowest BCUT2D eigenvalue weighted by molar-refractivity contribution is -0.104. The lowest BCUT2D eigenvalue weighted by Gasteiger charge is -2.30. The number of piperidine rings is 1. The van der Waals surface area contributed by atoms with Gasteiger partial charge < -0.3 is 25.8 Å². The van der Waals surface area contributed by atoms with Gasteiger partial charge in [0.05, 0.1) is 34.6 Å². The molecule has 204 valence electrons. The summed E-state index contributed by atoms with van der Waals surface area (Å²) in [4.78, 5) is 42.5. The van der Waals surface area contributed by atoms with E-state index in [4.69, 9.17) is 9.53 Å². The number of ether oxygens (including phenoxy) is 1. The fourth-order valence-electron chi connectivity index (χ4n) is 4.53. The third kappa shape index (κ3) is 5.57. The van der Waals surface area contributed by atoms with Crippen molar-refractivity contribution in [2.45, 2.75) is 18.6 Å². The van der Waals surface area contributed by atoms with Crippen LogP contribution >= 0.6 is 11.3 Å². The van der Waals surface area contributed by atoms with Crippen molar-refractivity contribution in [1.29, 1.82) is 0 Å². The van der Waals surface area contributed by atoms with E-state index in [2.05, 4.69) is 27.5 Å². The number of anilines is 3. The predicted molar refractivity (Wildman–Crippen MR) is 155 cm³/mol. The molecule has 2 unspecified atom stereocenters. The molecule has 0 saturated carbocycles. The van der Waals surface area contributed by atoms with Crippen molar-refractivity contribution in [2.75, 3.05) is 23.3 Å². The number of hydrogen-bond acceptors (Lipinski definition) is 8. The van der Waals surface area contributed by atoms with Crippen LogP contribution in [0.25, 0.3) is 10.2 Å². The average molecular weight is 558 g/mol. The highest BCUT2D eigenvalue weighted by molar-refractivity contribution is 7.21. The normalized spacial score (nSPS) is 17.7. The first-order chi connectivity index (χ1) is 19.5.